The van der Waals surface area contributed by atoms with Crippen molar-refractivity contribution in [1.29, 1.82) is 0 Å². The minimum absolute atomic E-state index is 0.691. The van der Waals surface area contributed by atoms with Crippen LogP contribution in [-0.2, 0) is 0 Å². The molecule has 0 bridgehead atoms. The van der Waals surface area contributed by atoms with Crippen molar-refractivity contribution >= 4 is 21.8 Å². The summed E-state index contributed by atoms with van der Waals surface area (Å²) in [5, 5.41) is 2.40. The second-order valence-electron chi connectivity index (χ2n) is 15.4. The van der Waals surface area contributed by atoms with Crippen molar-refractivity contribution in [2.45, 2.75) is 0 Å². The smallest absolute Gasteiger partial charge is 0.162 e. The highest BCUT2D eigenvalue weighted by Gasteiger charge is 2.17. The Hall–Kier alpha value is -8.14. The molecule has 11 aromatic rings. The lowest BCUT2D eigenvalue weighted by atomic mass is 9.91. The summed E-state index contributed by atoms with van der Waals surface area (Å²) in [6, 6.07) is 84.2. The molecular weight excluding hydrogens is 739 g/mol. The number of nitrogens with zero attached hydrogens (tertiary/aromatic N) is 3. The molecule has 0 atom stereocenters. The fourth-order valence-electron chi connectivity index (χ4n) is 8.54. The molecule has 0 saturated carbocycles. The van der Waals surface area contributed by atoms with Gasteiger partial charge in [0.25, 0.3) is 0 Å². The fourth-order valence-corrected chi connectivity index (χ4v) is 8.54. The van der Waals surface area contributed by atoms with Crippen molar-refractivity contribution in [2.75, 3.05) is 0 Å². The molecule has 0 spiro atoms. The first-order valence-corrected chi connectivity index (χ1v) is 20.7. The number of hydrogen-bond acceptors (Lipinski definition) is 2. The van der Waals surface area contributed by atoms with Crippen LogP contribution in [0.2, 0.25) is 0 Å². The monoisotopic (exact) mass is 777 g/mol. The van der Waals surface area contributed by atoms with E-state index in [1.54, 1.807) is 0 Å². The Morgan fingerprint density at radius 3 is 1.16 bits per heavy atom. The molecule has 286 valence electrons. The highest BCUT2D eigenvalue weighted by atomic mass is 15.1. The third-order valence-electron chi connectivity index (χ3n) is 11.6. The zero-order valence-corrected chi connectivity index (χ0v) is 33.4. The second kappa shape index (κ2) is 15.6. The molecule has 0 fully saturated rings. The molecule has 3 heteroatoms. The Kier molecular flexibility index (Phi) is 9.18. The topological polar surface area (TPSA) is 30.7 Å². The molecule has 0 aliphatic carbocycles. The zero-order chi connectivity index (χ0) is 40.5. The van der Waals surface area contributed by atoms with E-state index in [2.05, 4.69) is 223 Å². The van der Waals surface area contributed by atoms with Crippen molar-refractivity contribution in [3.63, 3.8) is 0 Å². The van der Waals surface area contributed by atoms with E-state index in [0.29, 0.717) is 5.82 Å². The summed E-state index contributed by atoms with van der Waals surface area (Å²) < 4.78 is 2.26. The van der Waals surface area contributed by atoms with Gasteiger partial charge in [-0.1, -0.05) is 194 Å². The van der Waals surface area contributed by atoms with E-state index in [1.807, 2.05) is 18.2 Å². The van der Waals surface area contributed by atoms with Crippen LogP contribution in [-0.4, -0.2) is 14.5 Å². The minimum Gasteiger partial charge on any atom is -0.294 e. The molecule has 0 radical (unpaired) electrons. The van der Waals surface area contributed by atoms with Gasteiger partial charge in [-0.25, -0.2) is 9.97 Å². The summed E-state index contributed by atoms with van der Waals surface area (Å²) in [5.74, 6) is 1.53. The van der Waals surface area contributed by atoms with Crippen molar-refractivity contribution in [3.8, 4) is 84.1 Å². The van der Waals surface area contributed by atoms with Gasteiger partial charge in [0.2, 0.25) is 0 Å². The first-order valence-electron chi connectivity index (χ1n) is 20.7. The standard InChI is InChI=1S/C58H39N3/c1-4-15-40(16-5-1)42-27-29-44(30-28-42)50-36-49(41-17-6-2-7-18-41)37-51(38-50)48-22-14-21-47(35-48)43-31-33-45(34-32-43)54-39-57(60-58(59-54)46-19-8-3-9-20-46)61-55-25-12-10-23-52(55)53-24-11-13-26-56(53)61/h1-39H. The van der Waals surface area contributed by atoms with Crippen molar-refractivity contribution in [1.82, 2.24) is 14.5 Å². The Morgan fingerprint density at radius 1 is 0.246 bits per heavy atom. The Bertz CT molecular complexity index is 3260. The first kappa shape index (κ1) is 36.0. The maximum atomic E-state index is 5.19. The second-order valence-corrected chi connectivity index (χ2v) is 15.4. The molecule has 3 nitrogen and oxygen atoms in total. The third-order valence-corrected chi connectivity index (χ3v) is 11.6. The lowest BCUT2D eigenvalue weighted by Gasteiger charge is -2.13. The molecule has 0 N–H and O–H groups in total. The van der Waals surface area contributed by atoms with Gasteiger partial charge in [-0.3, -0.25) is 4.57 Å². The van der Waals surface area contributed by atoms with Gasteiger partial charge in [0.05, 0.1) is 16.7 Å². The van der Waals surface area contributed by atoms with Crippen LogP contribution in [0.25, 0.3) is 106 Å². The number of fused-ring (bicyclic) bond motifs is 3. The van der Waals surface area contributed by atoms with Gasteiger partial charge in [0.15, 0.2) is 5.82 Å². The SMILES string of the molecule is c1ccc(-c2ccc(-c3cc(-c4ccccc4)cc(-c4cccc(-c5ccc(-c6cc(-n7c8ccccc8c8ccccc87)nc(-c7ccccc7)n6)cc5)c4)c3)cc2)cc1. The van der Waals surface area contributed by atoms with Crippen LogP contribution < -0.4 is 0 Å². The maximum absolute atomic E-state index is 5.19. The lowest BCUT2D eigenvalue weighted by Crippen LogP contribution is -2.02. The highest BCUT2D eigenvalue weighted by Crippen LogP contribution is 2.37. The zero-order valence-electron chi connectivity index (χ0n) is 33.4. The molecular formula is C58H39N3. The Labute approximate surface area is 355 Å². The molecule has 0 saturated heterocycles. The summed E-state index contributed by atoms with van der Waals surface area (Å²) in [6.45, 7) is 0. The maximum Gasteiger partial charge on any atom is 0.162 e. The molecule has 0 unspecified atom stereocenters. The molecule has 0 amide bonds. The van der Waals surface area contributed by atoms with Crippen LogP contribution in [0.5, 0.6) is 0 Å². The van der Waals surface area contributed by atoms with Gasteiger partial charge >= 0.3 is 0 Å². The van der Waals surface area contributed by atoms with Gasteiger partial charge in [-0.15, -0.1) is 0 Å². The van der Waals surface area contributed by atoms with Crippen LogP contribution in [0.1, 0.15) is 0 Å². The molecule has 9 aromatic carbocycles. The van der Waals surface area contributed by atoms with E-state index in [9.17, 15) is 0 Å². The van der Waals surface area contributed by atoms with Gasteiger partial charge in [-0.05, 0) is 92.0 Å². The normalized spacial score (nSPS) is 11.3. The fraction of sp³-hybridized carbons (Fsp3) is 0. The van der Waals surface area contributed by atoms with Crippen LogP contribution >= 0.6 is 0 Å². The largest absolute Gasteiger partial charge is 0.294 e. The Balaban J connectivity index is 0.966. The predicted octanol–water partition coefficient (Wildman–Crippen LogP) is 15.2. The van der Waals surface area contributed by atoms with E-state index in [1.165, 1.54) is 55.3 Å². The molecule has 2 heterocycles. The van der Waals surface area contributed by atoms with Gasteiger partial charge in [0, 0.05) is 28.0 Å². The van der Waals surface area contributed by atoms with Crippen molar-refractivity contribution in [3.05, 3.63) is 237 Å². The van der Waals surface area contributed by atoms with Crippen LogP contribution in [0, 0.1) is 0 Å². The van der Waals surface area contributed by atoms with Gasteiger partial charge < -0.3 is 0 Å². The highest BCUT2D eigenvalue weighted by molar-refractivity contribution is 6.09. The molecule has 0 aliphatic heterocycles. The summed E-state index contributed by atoms with van der Waals surface area (Å²) in [6.07, 6.45) is 0. The number of hydrogen-bond donors (Lipinski definition) is 0. The van der Waals surface area contributed by atoms with E-state index in [4.69, 9.17) is 9.97 Å². The van der Waals surface area contributed by atoms with Gasteiger partial charge in [0.1, 0.15) is 5.82 Å². The van der Waals surface area contributed by atoms with E-state index in [-0.39, 0.29) is 0 Å². The summed E-state index contributed by atoms with van der Waals surface area (Å²) >= 11 is 0. The number of aromatic nitrogens is 3. The summed E-state index contributed by atoms with van der Waals surface area (Å²) in [7, 11) is 0. The molecule has 11 rings (SSSR count). The van der Waals surface area contributed by atoms with Crippen LogP contribution in [0.4, 0.5) is 0 Å². The number of para-hydroxylation sites is 2. The molecule has 0 aliphatic rings. The van der Waals surface area contributed by atoms with E-state index < -0.39 is 0 Å². The average Bonchev–Trinajstić information content (AvgIpc) is 3.69. The van der Waals surface area contributed by atoms with E-state index in [0.717, 1.165) is 44.8 Å². The third kappa shape index (κ3) is 6.98. The van der Waals surface area contributed by atoms with Crippen molar-refractivity contribution in [2.24, 2.45) is 0 Å². The van der Waals surface area contributed by atoms with Crippen molar-refractivity contribution < 1.29 is 0 Å². The molecule has 61 heavy (non-hydrogen) atoms. The quantitative estimate of drug-likeness (QED) is 0.154. The lowest BCUT2D eigenvalue weighted by molar-refractivity contribution is 1.05. The minimum atomic E-state index is 0.691. The first-order chi connectivity index (χ1) is 30.2. The Morgan fingerprint density at radius 2 is 0.607 bits per heavy atom. The van der Waals surface area contributed by atoms with Gasteiger partial charge in [-0.2, -0.15) is 0 Å². The average molecular weight is 778 g/mol. The number of rotatable bonds is 8. The summed E-state index contributed by atoms with van der Waals surface area (Å²) in [4.78, 5) is 10.4. The molecule has 2 aromatic heterocycles. The number of benzene rings is 9. The summed E-state index contributed by atoms with van der Waals surface area (Å²) in [5.41, 5.74) is 16.9. The van der Waals surface area contributed by atoms with E-state index >= 15 is 0 Å². The predicted molar refractivity (Wildman–Crippen MR) is 254 cm³/mol. The van der Waals surface area contributed by atoms with Crippen LogP contribution in [0.15, 0.2) is 237 Å². The van der Waals surface area contributed by atoms with Crippen LogP contribution in [0.3, 0.4) is 0 Å².